The normalized spacial score (nSPS) is 10.7. The topological polar surface area (TPSA) is 76.0 Å². The van der Waals surface area contributed by atoms with Crippen molar-refractivity contribution < 1.29 is 9.90 Å². The van der Waals surface area contributed by atoms with Gasteiger partial charge in [-0.3, -0.25) is 0 Å². The summed E-state index contributed by atoms with van der Waals surface area (Å²) >= 11 is 0. The van der Waals surface area contributed by atoms with Crippen molar-refractivity contribution >= 4 is 16.7 Å². The third kappa shape index (κ3) is 2.61. The lowest BCUT2D eigenvalue weighted by Crippen LogP contribution is -2.06. The molecule has 120 valence electrons. The summed E-state index contributed by atoms with van der Waals surface area (Å²) in [6.45, 7) is 0. The number of carbonyl (C=O) groups is 1. The molecule has 0 aliphatic rings. The van der Waals surface area contributed by atoms with Gasteiger partial charge in [-0.15, -0.1) is 0 Å². The molecule has 25 heavy (non-hydrogen) atoms. The summed E-state index contributed by atoms with van der Waals surface area (Å²) in [5.74, 6) is -1.07. The van der Waals surface area contributed by atoms with E-state index in [9.17, 15) is 9.90 Å². The minimum absolute atomic E-state index is 0.00514. The van der Waals surface area contributed by atoms with Crippen LogP contribution < -0.4 is 0 Å². The Balaban J connectivity index is 2.14. The number of aromatic nitrogens is 3. The molecule has 0 aliphatic carbocycles. The number of aromatic carboxylic acids is 1. The fourth-order valence-electron chi connectivity index (χ4n) is 2.93. The summed E-state index contributed by atoms with van der Waals surface area (Å²) in [6, 6.07) is 18.8. The van der Waals surface area contributed by atoms with Crippen molar-refractivity contribution in [2.75, 3.05) is 0 Å². The summed E-state index contributed by atoms with van der Waals surface area (Å²) < 4.78 is 0. The number of nitrogens with zero attached hydrogens (tertiary/aromatic N) is 3. The lowest BCUT2D eigenvalue weighted by atomic mass is 9.96. The van der Waals surface area contributed by atoms with E-state index in [1.54, 1.807) is 12.4 Å². The second-order valence-corrected chi connectivity index (χ2v) is 5.54. The zero-order valence-corrected chi connectivity index (χ0v) is 13.1. The van der Waals surface area contributed by atoms with Crippen LogP contribution in [0.2, 0.25) is 0 Å². The number of fused-ring (bicyclic) bond motifs is 1. The molecule has 4 rings (SSSR count). The van der Waals surface area contributed by atoms with Crippen molar-refractivity contribution in [3.8, 4) is 22.4 Å². The molecule has 0 spiro atoms. The van der Waals surface area contributed by atoms with Gasteiger partial charge >= 0.3 is 5.97 Å². The van der Waals surface area contributed by atoms with Gasteiger partial charge in [-0.05, 0) is 5.56 Å². The van der Waals surface area contributed by atoms with Gasteiger partial charge in [-0.1, -0.05) is 60.7 Å². The fourth-order valence-corrected chi connectivity index (χ4v) is 2.93. The van der Waals surface area contributed by atoms with E-state index < -0.39 is 5.97 Å². The van der Waals surface area contributed by atoms with E-state index in [0.717, 1.165) is 16.5 Å². The molecule has 0 atom stereocenters. The standard InChI is InChI=1S/C20H13N3O2/c24-20(25)19-17(13-7-3-1-4-8-13)15-11-21-22-12-16(15)18(23-19)14-9-5-2-6-10-14/h1-12H,(H,24,25). The van der Waals surface area contributed by atoms with Crippen molar-refractivity contribution in [2.45, 2.75) is 0 Å². The van der Waals surface area contributed by atoms with E-state index in [1.165, 1.54) is 0 Å². The number of rotatable bonds is 3. The summed E-state index contributed by atoms with van der Waals surface area (Å²) in [6.07, 6.45) is 3.22. The molecular formula is C20H13N3O2. The lowest BCUT2D eigenvalue weighted by molar-refractivity contribution is 0.0692. The van der Waals surface area contributed by atoms with E-state index in [4.69, 9.17) is 0 Å². The van der Waals surface area contributed by atoms with Crippen LogP contribution in [-0.4, -0.2) is 26.3 Å². The first-order chi connectivity index (χ1) is 12.3. The van der Waals surface area contributed by atoms with Gasteiger partial charge in [0.05, 0.1) is 18.1 Å². The molecule has 0 saturated heterocycles. The van der Waals surface area contributed by atoms with Crippen molar-refractivity contribution in [3.63, 3.8) is 0 Å². The summed E-state index contributed by atoms with van der Waals surface area (Å²) in [5.41, 5.74) is 2.76. The molecule has 4 aromatic rings. The third-order valence-corrected chi connectivity index (χ3v) is 4.03. The van der Waals surface area contributed by atoms with E-state index in [2.05, 4.69) is 15.2 Å². The maximum atomic E-state index is 11.9. The number of pyridine rings is 1. The first kappa shape index (κ1) is 15.0. The molecule has 2 heterocycles. The minimum Gasteiger partial charge on any atom is -0.476 e. The fraction of sp³-hybridized carbons (Fsp3) is 0. The second-order valence-electron chi connectivity index (χ2n) is 5.54. The predicted octanol–water partition coefficient (Wildman–Crippen LogP) is 4.06. The van der Waals surface area contributed by atoms with Crippen LogP contribution in [0.4, 0.5) is 0 Å². The Hall–Kier alpha value is -3.60. The highest BCUT2D eigenvalue weighted by Gasteiger charge is 2.21. The van der Waals surface area contributed by atoms with Gasteiger partial charge in [-0.25, -0.2) is 9.78 Å². The van der Waals surface area contributed by atoms with Crippen LogP contribution in [0.15, 0.2) is 73.1 Å². The first-order valence-electron chi connectivity index (χ1n) is 7.74. The van der Waals surface area contributed by atoms with Crippen molar-refractivity contribution in [3.05, 3.63) is 78.8 Å². The lowest BCUT2D eigenvalue weighted by Gasteiger charge is -2.13. The molecule has 1 N–H and O–H groups in total. The molecule has 2 aromatic heterocycles. The highest BCUT2D eigenvalue weighted by atomic mass is 16.4. The molecule has 0 bridgehead atoms. The Labute approximate surface area is 143 Å². The molecule has 5 heteroatoms. The van der Waals surface area contributed by atoms with Gasteiger partial charge in [0.25, 0.3) is 0 Å². The van der Waals surface area contributed by atoms with Crippen LogP contribution >= 0.6 is 0 Å². The van der Waals surface area contributed by atoms with Gasteiger partial charge in [0.15, 0.2) is 5.69 Å². The molecule has 0 fully saturated rings. The number of hydrogen-bond donors (Lipinski definition) is 1. The highest BCUT2D eigenvalue weighted by molar-refractivity contribution is 6.09. The largest absolute Gasteiger partial charge is 0.476 e. The van der Waals surface area contributed by atoms with Crippen LogP contribution in [0.1, 0.15) is 10.5 Å². The Morgan fingerprint density at radius 2 is 1.32 bits per heavy atom. The van der Waals surface area contributed by atoms with Gasteiger partial charge in [-0.2, -0.15) is 10.2 Å². The van der Waals surface area contributed by atoms with Crippen LogP contribution in [0.25, 0.3) is 33.2 Å². The highest BCUT2D eigenvalue weighted by Crippen LogP contribution is 2.35. The average Bonchev–Trinajstić information content (AvgIpc) is 2.68. The monoisotopic (exact) mass is 327 g/mol. The third-order valence-electron chi connectivity index (χ3n) is 4.03. The van der Waals surface area contributed by atoms with Crippen LogP contribution in [-0.2, 0) is 0 Å². The van der Waals surface area contributed by atoms with Crippen LogP contribution in [0.5, 0.6) is 0 Å². The van der Waals surface area contributed by atoms with Crippen molar-refractivity contribution in [2.24, 2.45) is 0 Å². The van der Waals surface area contributed by atoms with Gasteiger partial charge in [0.2, 0.25) is 0 Å². The summed E-state index contributed by atoms with van der Waals surface area (Å²) in [7, 11) is 0. The van der Waals surface area contributed by atoms with Gasteiger partial charge < -0.3 is 5.11 Å². The van der Waals surface area contributed by atoms with Crippen LogP contribution in [0.3, 0.4) is 0 Å². The maximum Gasteiger partial charge on any atom is 0.355 e. The molecule has 2 aromatic carbocycles. The van der Waals surface area contributed by atoms with Gasteiger partial charge in [0, 0.05) is 21.9 Å². The minimum atomic E-state index is -1.07. The number of carboxylic acids is 1. The van der Waals surface area contributed by atoms with E-state index in [-0.39, 0.29) is 5.69 Å². The summed E-state index contributed by atoms with van der Waals surface area (Å²) in [5, 5.41) is 19.2. The Morgan fingerprint density at radius 3 is 1.92 bits per heavy atom. The molecular weight excluding hydrogens is 314 g/mol. The molecule has 0 saturated carbocycles. The number of carboxylic acid groups (broad SMARTS) is 1. The summed E-state index contributed by atoms with van der Waals surface area (Å²) in [4.78, 5) is 16.4. The SMILES string of the molecule is O=C(O)c1nc(-c2ccccc2)c2cnncc2c1-c1ccccc1. The predicted molar refractivity (Wildman–Crippen MR) is 95.2 cm³/mol. The molecule has 5 nitrogen and oxygen atoms in total. The molecule has 0 amide bonds. The van der Waals surface area contributed by atoms with Crippen LogP contribution in [0, 0.1) is 0 Å². The second kappa shape index (κ2) is 6.13. The number of benzene rings is 2. The smallest absolute Gasteiger partial charge is 0.355 e. The average molecular weight is 327 g/mol. The van der Waals surface area contributed by atoms with Crippen molar-refractivity contribution in [1.29, 1.82) is 0 Å². The van der Waals surface area contributed by atoms with Gasteiger partial charge in [0.1, 0.15) is 0 Å². The number of hydrogen-bond acceptors (Lipinski definition) is 4. The van der Waals surface area contributed by atoms with Crippen molar-refractivity contribution in [1.82, 2.24) is 15.2 Å². The maximum absolute atomic E-state index is 11.9. The molecule has 0 radical (unpaired) electrons. The zero-order chi connectivity index (χ0) is 17.2. The van der Waals surface area contributed by atoms with E-state index in [0.29, 0.717) is 16.6 Å². The Morgan fingerprint density at radius 1 is 0.760 bits per heavy atom. The Kier molecular flexibility index (Phi) is 3.67. The van der Waals surface area contributed by atoms with E-state index in [1.807, 2.05) is 60.7 Å². The first-order valence-corrected chi connectivity index (χ1v) is 7.74. The Bertz CT molecular complexity index is 1060. The van der Waals surface area contributed by atoms with E-state index >= 15 is 0 Å². The zero-order valence-electron chi connectivity index (χ0n) is 13.1. The molecule has 0 aliphatic heterocycles. The molecule has 0 unspecified atom stereocenters. The quantitative estimate of drug-likeness (QED) is 0.614.